The summed E-state index contributed by atoms with van der Waals surface area (Å²) in [4.78, 5) is 0. The van der Waals surface area contributed by atoms with Crippen molar-refractivity contribution < 1.29 is 40.1 Å². The van der Waals surface area contributed by atoms with Gasteiger partial charge in [0.15, 0.2) is 0 Å². The van der Waals surface area contributed by atoms with E-state index in [2.05, 4.69) is 0 Å². The summed E-state index contributed by atoms with van der Waals surface area (Å²) in [6.07, 6.45) is 0. The molecule has 0 unspecified atom stereocenters. The van der Waals surface area contributed by atoms with Crippen molar-refractivity contribution in [3.63, 3.8) is 0 Å². The molecule has 0 fully saturated rings. The monoisotopic (exact) mass is 319 g/mol. The molecule has 8 heteroatoms. The van der Waals surface area contributed by atoms with E-state index in [1.54, 1.807) is 0 Å². The van der Waals surface area contributed by atoms with Crippen LogP contribution < -0.4 is 0 Å². The fraction of sp³-hybridized carbons (Fsp3) is 0. The zero-order valence-corrected chi connectivity index (χ0v) is 7.06. The minimum atomic E-state index is -4.67. The van der Waals surface area contributed by atoms with Gasteiger partial charge in [-0.1, -0.05) is 0 Å². The molecular formula is H5BaO5SZn. The number of hydrogen-bond acceptors (Lipinski definition) is 3. The Morgan fingerprint density at radius 3 is 1.12 bits per heavy atom. The molecule has 0 rings (SSSR count). The van der Waals surface area contributed by atoms with Crippen molar-refractivity contribution in [3.05, 3.63) is 0 Å². The maximum atomic E-state index is 8.74. The van der Waals surface area contributed by atoms with Crippen molar-refractivity contribution in [2.45, 2.75) is 0 Å². The van der Waals surface area contributed by atoms with E-state index in [9.17, 15) is 0 Å². The van der Waals surface area contributed by atoms with Crippen LogP contribution in [0.4, 0.5) is 0 Å². The van der Waals surface area contributed by atoms with Gasteiger partial charge >= 0.3 is 81.9 Å². The second-order valence-corrected chi connectivity index (χ2v) is 1.34. The Morgan fingerprint density at radius 2 is 1.12 bits per heavy atom. The van der Waals surface area contributed by atoms with Crippen LogP contribution in [-0.4, -0.2) is 70.3 Å². The van der Waals surface area contributed by atoms with E-state index >= 15 is 0 Å². The van der Waals surface area contributed by atoms with Gasteiger partial charge in [0.1, 0.15) is 0 Å². The molecule has 0 aliphatic rings. The van der Waals surface area contributed by atoms with Gasteiger partial charge in [-0.25, -0.2) is 0 Å². The van der Waals surface area contributed by atoms with Crippen LogP contribution in [0.2, 0.25) is 0 Å². The van der Waals surface area contributed by atoms with Gasteiger partial charge in [0.25, 0.3) is 0 Å². The Bertz CT molecular complexity index is 95.6. The van der Waals surface area contributed by atoms with Gasteiger partial charge in [0, 0.05) is 0 Å². The van der Waals surface area contributed by atoms with E-state index in [0.717, 1.165) is 0 Å². The molecule has 0 amide bonds. The molecular weight excluding hydrogens is 315 g/mol. The SMILES string of the molecule is O=S(=O)(O)O.[BaH2].[OH][Zn]. The first-order valence-electron chi connectivity index (χ1n) is 1.01. The molecule has 0 aromatic rings. The third-order valence-electron chi connectivity index (χ3n) is 0. The van der Waals surface area contributed by atoms with Gasteiger partial charge in [0.2, 0.25) is 0 Å². The van der Waals surface area contributed by atoms with E-state index in [-0.39, 0.29) is 48.9 Å². The van der Waals surface area contributed by atoms with Gasteiger partial charge in [-0.05, 0) is 0 Å². The molecule has 0 spiro atoms. The van der Waals surface area contributed by atoms with Gasteiger partial charge in [-0.15, -0.1) is 0 Å². The second-order valence-electron chi connectivity index (χ2n) is 0.448. The molecule has 0 atom stereocenters. The van der Waals surface area contributed by atoms with Crippen molar-refractivity contribution in [2.75, 3.05) is 0 Å². The first-order chi connectivity index (χ1) is 3.00. The summed E-state index contributed by atoms with van der Waals surface area (Å²) in [5.41, 5.74) is 0. The van der Waals surface area contributed by atoms with Crippen LogP contribution in [0.15, 0.2) is 0 Å². The molecule has 0 aromatic heterocycles. The molecule has 0 saturated heterocycles. The van der Waals surface area contributed by atoms with Crippen molar-refractivity contribution in [1.29, 1.82) is 0 Å². The van der Waals surface area contributed by atoms with Gasteiger partial charge < -0.3 is 0 Å². The standard InChI is InChI=1S/Ba.H2O4S.H2O.Zn.2H/c;1-5(2,3)4;;;;/h;(H2,1,2,3,4);1H2;;;/q;;;+1;;/p-1. The third-order valence-corrected chi connectivity index (χ3v) is 0. The zero-order chi connectivity index (χ0) is 6.50. The minimum absolute atomic E-state index is 0. The fourth-order valence-electron chi connectivity index (χ4n) is 0. The Labute approximate surface area is 97.6 Å². The summed E-state index contributed by atoms with van der Waals surface area (Å²) >= 11 is 0.375. The van der Waals surface area contributed by atoms with E-state index < -0.39 is 10.4 Å². The van der Waals surface area contributed by atoms with Crippen molar-refractivity contribution in [2.24, 2.45) is 0 Å². The molecule has 0 aliphatic heterocycles. The first kappa shape index (κ1) is 16.5. The van der Waals surface area contributed by atoms with Gasteiger partial charge in [-0.3, -0.25) is 9.11 Å². The van der Waals surface area contributed by atoms with Gasteiger partial charge in [0.05, 0.1) is 0 Å². The van der Waals surface area contributed by atoms with Crippen LogP contribution in [0.5, 0.6) is 0 Å². The van der Waals surface area contributed by atoms with Crippen LogP contribution in [0.3, 0.4) is 0 Å². The van der Waals surface area contributed by atoms with E-state index in [1.165, 1.54) is 0 Å². The summed E-state index contributed by atoms with van der Waals surface area (Å²) in [7, 11) is -4.67. The van der Waals surface area contributed by atoms with Gasteiger partial charge in [-0.2, -0.15) is 8.42 Å². The van der Waals surface area contributed by atoms with Crippen LogP contribution in [0.1, 0.15) is 0 Å². The van der Waals surface area contributed by atoms with Crippen LogP contribution in [0.25, 0.3) is 0 Å². The van der Waals surface area contributed by atoms with E-state index in [0.29, 0.717) is 18.7 Å². The maximum absolute atomic E-state index is 8.74. The Balaban J connectivity index is -0.0000000750. The molecule has 0 aromatic carbocycles. The van der Waals surface area contributed by atoms with Crippen molar-refractivity contribution >= 4 is 59.3 Å². The topological polar surface area (TPSA) is 94.8 Å². The predicted octanol–water partition coefficient (Wildman–Crippen LogP) is -2.13. The zero-order valence-electron chi connectivity index (χ0n) is 3.27. The average molecular weight is 320 g/mol. The second kappa shape index (κ2) is 9.02. The van der Waals surface area contributed by atoms with E-state index in [1.807, 2.05) is 0 Å². The average Bonchev–Trinajstić information content (AvgIpc) is 1.36. The molecule has 45 valence electrons. The molecule has 8 heavy (non-hydrogen) atoms. The quantitative estimate of drug-likeness (QED) is 0.350. The Morgan fingerprint density at radius 1 is 1.12 bits per heavy atom. The van der Waals surface area contributed by atoms with Crippen LogP contribution in [-0.2, 0) is 29.1 Å². The van der Waals surface area contributed by atoms with Crippen molar-refractivity contribution in [3.8, 4) is 0 Å². The predicted molar refractivity (Wildman–Crippen MR) is 24.9 cm³/mol. The first-order valence-corrected chi connectivity index (χ1v) is 3.74. The van der Waals surface area contributed by atoms with Crippen molar-refractivity contribution in [1.82, 2.24) is 0 Å². The Kier molecular flexibility index (Phi) is 18.7. The van der Waals surface area contributed by atoms with E-state index in [4.69, 9.17) is 21.5 Å². The molecule has 0 radical (unpaired) electrons. The molecule has 0 saturated carbocycles. The summed E-state index contributed by atoms with van der Waals surface area (Å²) in [5.74, 6) is 0. The Hall–Kier alpha value is 2.02. The third kappa shape index (κ3) is 96.6. The molecule has 5 nitrogen and oxygen atoms in total. The molecule has 3 N–H and O–H groups in total. The molecule has 0 bridgehead atoms. The summed E-state index contributed by atoms with van der Waals surface area (Å²) < 4.78 is 38.7. The summed E-state index contributed by atoms with van der Waals surface area (Å²) in [6, 6.07) is 0. The fourth-order valence-corrected chi connectivity index (χ4v) is 0. The molecule has 0 heterocycles. The summed E-state index contributed by atoms with van der Waals surface area (Å²) in [6.45, 7) is 0. The normalized spacial score (nSPS) is 8.12. The summed E-state index contributed by atoms with van der Waals surface area (Å²) in [5, 5.41) is 0. The van der Waals surface area contributed by atoms with Crippen LogP contribution in [0, 0.1) is 0 Å². The van der Waals surface area contributed by atoms with Crippen LogP contribution >= 0.6 is 0 Å². The number of rotatable bonds is 0. The number of hydrogen-bond donors (Lipinski definition) is 3. The molecule has 0 aliphatic carbocycles.